The molecular weight excluding hydrogens is 305 g/mol. The van der Waals surface area contributed by atoms with E-state index in [1.165, 1.54) is 12.1 Å². The Bertz CT molecular complexity index is 940. The summed E-state index contributed by atoms with van der Waals surface area (Å²) in [5.74, 6) is -3.11. The highest BCUT2D eigenvalue weighted by atomic mass is 19.4. The fourth-order valence-electron chi connectivity index (χ4n) is 2.38. The van der Waals surface area contributed by atoms with Crippen LogP contribution in [0, 0.1) is 0 Å². The van der Waals surface area contributed by atoms with Crippen molar-refractivity contribution in [1.82, 2.24) is 0 Å². The van der Waals surface area contributed by atoms with Crippen molar-refractivity contribution < 1.29 is 23.1 Å². The topological polar surface area (TPSA) is 40.1 Å². The van der Waals surface area contributed by atoms with Crippen molar-refractivity contribution in [2.75, 3.05) is 0 Å². The van der Waals surface area contributed by atoms with Crippen molar-refractivity contribution >= 4 is 33.1 Å². The van der Waals surface area contributed by atoms with Crippen LogP contribution in [0.2, 0.25) is 0 Å². The minimum Gasteiger partial charge on any atom is -0.872 e. The number of carbonyl (C=O) groups is 1. The molecule has 3 aromatic carbocycles. The summed E-state index contributed by atoms with van der Waals surface area (Å²) in [7, 11) is 0. The number of hydrogen-bond donors (Lipinski definition) is 0. The van der Waals surface area contributed by atoms with Gasteiger partial charge in [-0.2, -0.15) is 13.2 Å². The van der Waals surface area contributed by atoms with E-state index in [2.05, 4.69) is 0 Å². The normalized spacial score (nSPS) is 12.7. The standard InChI is InChI=1S/C18H11F3O2/c19-18(20,21)17(23)10-16(22)14-6-5-13-7-11-3-1-2-4-12(11)8-15(13)9-14/h1-10,22H/p-1/b16-10-. The van der Waals surface area contributed by atoms with Gasteiger partial charge in [0.25, 0.3) is 5.78 Å². The van der Waals surface area contributed by atoms with Crippen molar-refractivity contribution in [2.24, 2.45) is 0 Å². The smallest absolute Gasteiger partial charge is 0.454 e. The summed E-state index contributed by atoms with van der Waals surface area (Å²) in [5.41, 5.74) is 0.0466. The highest BCUT2D eigenvalue weighted by molar-refractivity contribution is 6.01. The van der Waals surface area contributed by atoms with E-state index in [1.807, 2.05) is 36.4 Å². The number of allylic oxidation sites excluding steroid dienone is 1. The number of fused-ring (bicyclic) bond motifs is 2. The van der Waals surface area contributed by atoms with E-state index in [-0.39, 0.29) is 11.6 Å². The summed E-state index contributed by atoms with van der Waals surface area (Å²) in [6.07, 6.45) is -4.95. The summed E-state index contributed by atoms with van der Waals surface area (Å²) < 4.78 is 36.7. The number of ketones is 1. The zero-order chi connectivity index (χ0) is 16.6. The molecule has 0 spiro atoms. The molecule has 0 aliphatic carbocycles. The van der Waals surface area contributed by atoms with Crippen molar-refractivity contribution in [3.8, 4) is 0 Å². The molecule has 5 heteroatoms. The molecule has 3 aromatic rings. The Hall–Kier alpha value is -2.82. The zero-order valence-electron chi connectivity index (χ0n) is 11.7. The Morgan fingerprint density at radius 3 is 2.04 bits per heavy atom. The minimum absolute atomic E-state index is 0.0466. The lowest BCUT2D eigenvalue weighted by atomic mass is 10.0. The lowest BCUT2D eigenvalue weighted by Crippen LogP contribution is -2.21. The largest absolute Gasteiger partial charge is 0.872 e. The third kappa shape index (κ3) is 3.04. The Morgan fingerprint density at radius 1 is 0.870 bits per heavy atom. The molecule has 0 aromatic heterocycles. The molecule has 0 fully saturated rings. The summed E-state index contributed by atoms with van der Waals surface area (Å²) in [6, 6.07) is 16.0. The Kier molecular flexibility index (Phi) is 3.56. The quantitative estimate of drug-likeness (QED) is 0.410. The molecule has 0 heterocycles. The van der Waals surface area contributed by atoms with E-state index in [4.69, 9.17) is 0 Å². The number of rotatable bonds is 2. The van der Waals surface area contributed by atoms with Gasteiger partial charge in [0.15, 0.2) is 0 Å². The van der Waals surface area contributed by atoms with Gasteiger partial charge in [0, 0.05) is 0 Å². The van der Waals surface area contributed by atoms with Crippen LogP contribution in [0.3, 0.4) is 0 Å². The Balaban J connectivity index is 2.07. The van der Waals surface area contributed by atoms with Gasteiger partial charge < -0.3 is 5.11 Å². The predicted octanol–water partition coefficient (Wildman–Crippen LogP) is 3.83. The van der Waals surface area contributed by atoms with Crippen molar-refractivity contribution in [3.05, 3.63) is 66.2 Å². The lowest BCUT2D eigenvalue weighted by Gasteiger charge is -2.14. The molecule has 0 aliphatic heterocycles. The second-order valence-electron chi connectivity index (χ2n) is 5.13. The van der Waals surface area contributed by atoms with Crippen LogP contribution in [0.15, 0.2) is 60.7 Å². The van der Waals surface area contributed by atoms with Gasteiger partial charge in [-0.15, -0.1) is 0 Å². The first-order valence-corrected chi connectivity index (χ1v) is 6.77. The monoisotopic (exact) mass is 315 g/mol. The average molecular weight is 315 g/mol. The first-order valence-electron chi connectivity index (χ1n) is 6.77. The van der Waals surface area contributed by atoms with E-state index < -0.39 is 17.7 Å². The van der Waals surface area contributed by atoms with Crippen LogP contribution >= 0.6 is 0 Å². The van der Waals surface area contributed by atoms with Gasteiger partial charge in [0.1, 0.15) is 0 Å². The van der Waals surface area contributed by atoms with Gasteiger partial charge >= 0.3 is 6.18 Å². The molecule has 0 unspecified atom stereocenters. The molecule has 0 radical (unpaired) electrons. The highest BCUT2D eigenvalue weighted by Crippen LogP contribution is 2.25. The maximum absolute atomic E-state index is 12.2. The number of hydrogen-bond acceptors (Lipinski definition) is 2. The van der Waals surface area contributed by atoms with Crippen LogP contribution in [-0.2, 0) is 4.79 Å². The van der Waals surface area contributed by atoms with Crippen molar-refractivity contribution in [3.63, 3.8) is 0 Å². The van der Waals surface area contributed by atoms with Gasteiger partial charge in [0.05, 0.1) is 0 Å². The number of carbonyl (C=O) groups excluding carboxylic acids is 1. The fourth-order valence-corrected chi connectivity index (χ4v) is 2.38. The fraction of sp³-hybridized carbons (Fsp3) is 0.0556. The molecule has 0 saturated heterocycles. The van der Waals surface area contributed by atoms with Gasteiger partial charge in [-0.1, -0.05) is 42.2 Å². The number of benzene rings is 3. The molecule has 0 atom stereocenters. The first kappa shape index (κ1) is 15.1. The van der Waals surface area contributed by atoms with E-state index in [9.17, 15) is 23.1 Å². The zero-order valence-corrected chi connectivity index (χ0v) is 11.7. The van der Waals surface area contributed by atoms with Crippen LogP contribution in [0.25, 0.3) is 27.3 Å². The predicted molar refractivity (Wildman–Crippen MR) is 80.5 cm³/mol. The SMILES string of the molecule is O=C(/C=C(\[O-])c1ccc2cc3ccccc3cc2c1)C(F)(F)F. The molecule has 0 aliphatic rings. The molecule has 0 N–H and O–H groups in total. The molecule has 2 nitrogen and oxygen atoms in total. The van der Waals surface area contributed by atoms with Crippen molar-refractivity contribution in [2.45, 2.75) is 6.18 Å². The molecule has 0 bridgehead atoms. The van der Waals surface area contributed by atoms with E-state index in [0.29, 0.717) is 0 Å². The first-order chi connectivity index (χ1) is 10.8. The molecule has 3 rings (SSSR count). The second kappa shape index (κ2) is 5.43. The maximum atomic E-state index is 12.2. The van der Waals surface area contributed by atoms with Crippen LogP contribution in [0.5, 0.6) is 0 Å². The van der Waals surface area contributed by atoms with Gasteiger partial charge in [-0.05, 0) is 51.4 Å². The molecule has 0 saturated carbocycles. The van der Waals surface area contributed by atoms with Gasteiger partial charge in [-0.3, -0.25) is 4.79 Å². The summed E-state index contributed by atoms with van der Waals surface area (Å²) in [5, 5.41) is 15.4. The third-order valence-corrected chi connectivity index (χ3v) is 3.53. The van der Waals surface area contributed by atoms with Crippen LogP contribution in [0.4, 0.5) is 13.2 Å². The van der Waals surface area contributed by atoms with E-state index in [0.717, 1.165) is 21.5 Å². The summed E-state index contributed by atoms with van der Waals surface area (Å²) >= 11 is 0. The number of alkyl halides is 3. The van der Waals surface area contributed by atoms with E-state index >= 15 is 0 Å². The van der Waals surface area contributed by atoms with Gasteiger partial charge in [0.2, 0.25) is 0 Å². The van der Waals surface area contributed by atoms with Crippen LogP contribution in [0.1, 0.15) is 5.56 Å². The van der Waals surface area contributed by atoms with E-state index in [1.54, 1.807) is 6.07 Å². The Morgan fingerprint density at radius 2 is 1.43 bits per heavy atom. The molecular formula is C18H10F3O2-. The van der Waals surface area contributed by atoms with Crippen molar-refractivity contribution in [1.29, 1.82) is 0 Å². The molecule has 116 valence electrons. The number of halogens is 3. The summed E-state index contributed by atoms with van der Waals surface area (Å²) in [6.45, 7) is 0. The van der Waals surface area contributed by atoms with Crippen LogP contribution < -0.4 is 5.11 Å². The van der Waals surface area contributed by atoms with Gasteiger partial charge in [-0.25, -0.2) is 0 Å². The second-order valence-corrected chi connectivity index (χ2v) is 5.13. The highest BCUT2D eigenvalue weighted by Gasteiger charge is 2.36. The lowest BCUT2D eigenvalue weighted by molar-refractivity contribution is -0.244. The third-order valence-electron chi connectivity index (χ3n) is 3.53. The van der Waals surface area contributed by atoms with Crippen LogP contribution in [-0.4, -0.2) is 12.0 Å². The summed E-state index contributed by atoms with van der Waals surface area (Å²) in [4.78, 5) is 10.9. The molecule has 23 heavy (non-hydrogen) atoms. The molecule has 0 amide bonds. The Labute approximate surface area is 129 Å². The maximum Gasteiger partial charge on any atom is 0.454 e. The minimum atomic E-state index is -5.04. The average Bonchev–Trinajstić information content (AvgIpc) is 2.51.